The highest BCUT2D eigenvalue weighted by molar-refractivity contribution is 5.80. The first-order valence-electron chi connectivity index (χ1n) is 6.20. The molecule has 0 aromatic carbocycles. The van der Waals surface area contributed by atoms with Gasteiger partial charge in [-0.25, -0.2) is 9.98 Å². The van der Waals surface area contributed by atoms with E-state index in [0.29, 0.717) is 18.5 Å². The van der Waals surface area contributed by atoms with Gasteiger partial charge in [-0.05, 0) is 26.8 Å². The normalized spacial score (nSPS) is 11.5. The van der Waals surface area contributed by atoms with Gasteiger partial charge in [0.25, 0.3) is 0 Å². The quantitative estimate of drug-likeness (QED) is 0.615. The molecule has 1 heterocycles. The van der Waals surface area contributed by atoms with Crippen molar-refractivity contribution < 1.29 is 4.74 Å². The van der Waals surface area contributed by atoms with E-state index in [9.17, 15) is 0 Å². The average Bonchev–Trinajstić information content (AvgIpc) is 2.36. The van der Waals surface area contributed by atoms with Gasteiger partial charge in [0.05, 0.1) is 13.7 Å². The minimum atomic E-state index is 0.346. The van der Waals surface area contributed by atoms with E-state index in [1.54, 1.807) is 13.3 Å². The molecule has 18 heavy (non-hydrogen) atoms. The van der Waals surface area contributed by atoms with Crippen molar-refractivity contribution in [2.24, 2.45) is 4.99 Å². The molecule has 0 aliphatic heterocycles. The third-order valence-electron chi connectivity index (χ3n) is 2.22. The van der Waals surface area contributed by atoms with Gasteiger partial charge >= 0.3 is 0 Å². The summed E-state index contributed by atoms with van der Waals surface area (Å²) in [6.07, 6.45) is 1.71. The lowest BCUT2D eigenvalue weighted by molar-refractivity contribution is 0.392. The second kappa shape index (κ2) is 7.53. The lowest BCUT2D eigenvalue weighted by atomic mass is 10.3. The smallest absolute Gasteiger partial charge is 0.218 e. The maximum Gasteiger partial charge on any atom is 0.218 e. The van der Waals surface area contributed by atoms with Crippen LogP contribution in [0.1, 0.15) is 26.3 Å². The van der Waals surface area contributed by atoms with Crippen LogP contribution >= 0.6 is 0 Å². The lowest BCUT2D eigenvalue weighted by Crippen LogP contribution is -2.41. The number of pyridine rings is 1. The Kier molecular flexibility index (Phi) is 5.97. The first-order chi connectivity index (χ1) is 8.67. The summed E-state index contributed by atoms with van der Waals surface area (Å²) in [6.45, 7) is 7.58. The van der Waals surface area contributed by atoms with E-state index in [1.165, 1.54) is 0 Å². The molecule has 0 amide bonds. The molecule has 0 bridgehead atoms. The standard InChI is InChI=1S/C13H22N4O/c1-5-14-13(17-10(2)3)16-9-11-7-6-8-15-12(11)18-4/h6-8,10H,5,9H2,1-4H3,(H2,14,16,17). The zero-order chi connectivity index (χ0) is 13.4. The van der Waals surface area contributed by atoms with Gasteiger partial charge in [-0.1, -0.05) is 6.07 Å². The van der Waals surface area contributed by atoms with Crippen molar-refractivity contribution in [2.45, 2.75) is 33.4 Å². The zero-order valence-corrected chi connectivity index (χ0v) is 11.5. The van der Waals surface area contributed by atoms with Crippen molar-refractivity contribution in [1.82, 2.24) is 15.6 Å². The van der Waals surface area contributed by atoms with Crippen molar-refractivity contribution in [3.8, 4) is 5.88 Å². The monoisotopic (exact) mass is 250 g/mol. The highest BCUT2D eigenvalue weighted by Crippen LogP contribution is 2.14. The SMILES string of the molecule is CCNC(=NCc1cccnc1OC)NC(C)C. The molecule has 0 spiro atoms. The van der Waals surface area contributed by atoms with Gasteiger partial charge in [0, 0.05) is 24.3 Å². The van der Waals surface area contributed by atoms with Gasteiger partial charge in [-0.2, -0.15) is 0 Å². The number of rotatable bonds is 5. The number of guanidine groups is 1. The Morgan fingerprint density at radius 1 is 1.50 bits per heavy atom. The zero-order valence-electron chi connectivity index (χ0n) is 11.5. The fourth-order valence-corrected chi connectivity index (χ4v) is 1.49. The third-order valence-corrected chi connectivity index (χ3v) is 2.22. The van der Waals surface area contributed by atoms with Crippen LogP contribution in [0, 0.1) is 0 Å². The summed E-state index contributed by atoms with van der Waals surface area (Å²) >= 11 is 0. The van der Waals surface area contributed by atoms with E-state index in [-0.39, 0.29) is 0 Å². The molecular weight excluding hydrogens is 228 g/mol. The first kappa shape index (κ1) is 14.3. The number of ether oxygens (including phenoxy) is 1. The molecule has 0 saturated carbocycles. The largest absolute Gasteiger partial charge is 0.481 e. The Bertz CT molecular complexity index is 390. The highest BCUT2D eigenvalue weighted by Gasteiger charge is 2.04. The van der Waals surface area contributed by atoms with Crippen LogP contribution in [0.25, 0.3) is 0 Å². The Labute approximate surface area is 109 Å². The number of methoxy groups -OCH3 is 1. The number of nitrogens with one attached hydrogen (secondary N) is 2. The molecule has 1 rings (SSSR count). The molecular formula is C13H22N4O. The molecule has 0 aliphatic rings. The van der Waals surface area contributed by atoms with Gasteiger partial charge in [-0.15, -0.1) is 0 Å². The summed E-state index contributed by atoms with van der Waals surface area (Å²) in [4.78, 5) is 8.66. The summed E-state index contributed by atoms with van der Waals surface area (Å²) in [6, 6.07) is 4.20. The summed E-state index contributed by atoms with van der Waals surface area (Å²) < 4.78 is 5.20. The molecule has 0 saturated heterocycles. The van der Waals surface area contributed by atoms with E-state index in [2.05, 4.69) is 34.5 Å². The minimum Gasteiger partial charge on any atom is -0.481 e. The number of aliphatic imine (C=N–C) groups is 1. The topological polar surface area (TPSA) is 58.5 Å². The Balaban J connectivity index is 2.74. The number of nitrogens with zero attached hydrogens (tertiary/aromatic N) is 2. The molecule has 0 atom stereocenters. The second-order valence-corrected chi connectivity index (χ2v) is 4.17. The molecule has 5 heteroatoms. The second-order valence-electron chi connectivity index (χ2n) is 4.17. The van der Waals surface area contributed by atoms with Gasteiger partial charge < -0.3 is 15.4 Å². The molecule has 0 unspecified atom stereocenters. The van der Waals surface area contributed by atoms with Crippen LogP contribution in [0.4, 0.5) is 0 Å². The van der Waals surface area contributed by atoms with Gasteiger partial charge in [0.1, 0.15) is 0 Å². The van der Waals surface area contributed by atoms with Gasteiger partial charge in [0.2, 0.25) is 5.88 Å². The van der Waals surface area contributed by atoms with Crippen LogP contribution in [0.15, 0.2) is 23.3 Å². The van der Waals surface area contributed by atoms with Gasteiger partial charge in [-0.3, -0.25) is 0 Å². The van der Waals surface area contributed by atoms with Crippen LogP contribution in [-0.2, 0) is 6.54 Å². The summed E-state index contributed by atoms with van der Waals surface area (Å²) in [7, 11) is 1.62. The van der Waals surface area contributed by atoms with Crippen molar-refractivity contribution in [3.05, 3.63) is 23.9 Å². The number of hydrogen-bond donors (Lipinski definition) is 2. The van der Waals surface area contributed by atoms with Crippen molar-refractivity contribution in [3.63, 3.8) is 0 Å². The Hall–Kier alpha value is -1.78. The summed E-state index contributed by atoms with van der Waals surface area (Å²) in [5, 5.41) is 6.47. The fourth-order valence-electron chi connectivity index (χ4n) is 1.49. The Morgan fingerprint density at radius 3 is 2.89 bits per heavy atom. The van der Waals surface area contributed by atoms with Crippen molar-refractivity contribution in [2.75, 3.05) is 13.7 Å². The predicted octanol–water partition coefficient (Wildman–Crippen LogP) is 1.55. The van der Waals surface area contributed by atoms with E-state index in [4.69, 9.17) is 4.74 Å². The fraction of sp³-hybridized carbons (Fsp3) is 0.538. The maximum absolute atomic E-state index is 5.20. The van der Waals surface area contributed by atoms with Crippen LogP contribution in [-0.4, -0.2) is 30.6 Å². The molecule has 1 aromatic rings. The van der Waals surface area contributed by atoms with Crippen molar-refractivity contribution >= 4 is 5.96 Å². The number of hydrogen-bond acceptors (Lipinski definition) is 3. The van der Waals surface area contributed by atoms with E-state index < -0.39 is 0 Å². The molecule has 0 radical (unpaired) electrons. The molecule has 5 nitrogen and oxygen atoms in total. The van der Waals surface area contributed by atoms with Crippen molar-refractivity contribution in [1.29, 1.82) is 0 Å². The van der Waals surface area contributed by atoms with Crippen LogP contribution in [0.5, 0.6) is 5.88 Å². The highest BCUT2D eigenvalue weighted by atomic mass is 16.5. The summed E-state index contributed by atoms with van der Waals surface area (Å²) in [5.74, 6) is 1.43. The minimum absolute atomic E-state index is 0.346. The molecule has 100 valence electrons. The average molecular weight is 250 g/mol. The molecule has 0 aliphatic carbocycles. The van der Waals surface area contributed by atoms with Crippen LogP contribution < -0.4 is 15.4 Å². The van der Waals surface area contributed by atoms with E-state index in [0.717, 1.165) is 18.1 Å². The number of aromatic nitrogens is 1. The summed E-state index contributed by atoms with van der Waals surface area (Å²) in [5.41, 5.74) is 0.973. The van der Waals surface area contributed by atoms with Crippen LogP contribution in [0.2, 0.25) is 0 Å². The van der Waals surface area contributed by atoms with E-state index in [1.807, 2.05) is 19.1 Å². The molecule has 2 N–H and O–H groups in total. The van der Waals surface area contributed by atoms with Gasteiger partial charge in [0.15, 0.2) is 5.96 Å². The first-order valence-corrected chi connectivity index (χ1v) is 6.20. The van der Waals surface area contributed by atoms with Crippen LogP contribution in [0.3, 0.4) is 0 Å². The maximum atomic E-state index is 5.20. The molecule has 1 aromatic heterocycles. The Morgan fingerprint density at radius 2 is 2.28 bits per heavy atom. The predicted molar refractivity (Wildman–Crippen MR) is 73.9 cm³/mol. The lowest BCUT2D eigenvalue weighted by Gasteiger charge is -2.14. The third kappa shape index (κ3) is 4.61. The van der Waals surface area contributed by atoms with E-state index >= 15 is 0 Å². The molecule has 0 fully saturated rings.